The second-order valence-corrected chi connectivity index (χ2v) is 4.49. The molecule has 0 aliphatic rings. The number of hydrogen-bond donors (Lipinski definition) is 1. The van der Waals surface area contributed by atoms with E-state index in [9.17, 15) is 4.79 Å². The Kier molecular flexibility index (Phi) is 6.50. The van der Waals surface area contributed by atoms with Crippen molar-refractivity contribution in [1.82, 2.24) is 4.98 Å². The van der Waals surface area contributed by atoms with Gasteiger partial charge in [-0.3, -0.25) is 0 Å². The molecule has 0 saturated carbocycles. The molecule has 18 heavy (non-hydrogen) atoms. The predicted molar refractivity (Wildman–Crippen MR) is 70.5 cm³/mol. The van der Waals surface area contributed by atoms with E-state index in [1.807, 2.05) is 0 Å². The molecule has 0 saturated heterocycles. The third kappa shape index (κ3) is 4.92. The van der Waals surface area contributed by atoms with Crippen LogP contribution < -0.4 is 4.74 Å². The van der Waals surface area contributed by atoms with Gasteiger partial charge in [0.1, 0.15) is 5.02 Å². The molecule has 1 aromatic heterocycles. The molecule has 5 heteroatoms. The van der Waals surface area contributed by atoms with E-state index in [1.165, 1.54) is 31.5 Å². The van der Waals surface area contributed by atoms with Crippen molar-refractivity contribution in [3.05, 3.63) is 22.8 Å². The molecule has 1 rings (SSSR count). The van der Waals surface area contributed by atoms with Gasteiger partial charge < -0.3 is 9.84 Å². The Bertz CT molecular complexity index is 396. The topological polar surface area (TPSA) is 59.4 Å². The number of aromatic nitrogens is 1. The summed E-state index contributed by atoms with van der Waals surface area (Å²) in [7, 11) is 0. The maximum absolute atomic E-state index is 10.7. The number of carboxylic acid groups (broad SMARTS) is 1. The maximum Gasteiger partial charge on any atom is 0.337 e. The van der Waals surface area contributed by atoms with Crippen molar-refractivity contribution < 1.29 is 14.6 Å². The van der Waals surface area contributed by atoms with Gasteiger partial charge in [-0.25, -0.2) is 9.78 Å². The van der Waals surface area contributed by atoms with Crippen molar-refractivity contribution in [2.24, 2.45) is 0 Å². The Hall–Kier alpha value is -1.29. The van der Waals surface area contributed by atoms with E-state index in [-0.39, 0.29) is 10.6 Å². The number of carboxylic acids is 1. The van der Waals surface area contributed by atoms with Crippen molar-refractivity contribution in [3.63, 3.8) is 0 Å². The third-order valence-electron chi connectivity index (χ3n) is 2.54. The van der Waals surface area contributed by atoms with Crippen LogP contribution in [0.5, 0.6) is 5.88 Å². The lowest BCUT2D eigenvalue weighted by Crippen LogP contribution is -2.02. The van der Waals surface area contributed by atoms with Gasteiger partial charge in [-0.1, -0.05) is 44.2 Å². The van der Waals surface area contributed by atoms with Crippen molar-refractivity contribution >= 4 is 17.6 Å². The van der Waals surface area contributed by atoms with E-state index in [1.54, 1.807) is 0 Å². The summed E-state index contributed by atoms with van der Waals surface area (Å²) in [6.07, 6.45) is 6.99. The average Bonchev–Trinajstić information content (AvgIpc) is 2.35. The minimum atomic E-state index is -1.05. The first kappa shape index (κ1) is 14.8. The van der Waals surface area contributed by atoms with Crippen LogP contribution in [0.1, 0.15) is 49.4 Å². The molecule has 0 fully saturated rings. The number of aromatic carboxylic acids is 1. The van der Waals surface area contributed by atoms with Crippen LogP contribution in [0.25, 0.3) is 0 Å². The first-order valence-electron chi connectivity index (χ1n) is 6.16. The van der Waals surface area contributed by atoms with Gasteiger partial charge in [0.25, 0.3) is 0 Å². The van der Waals surface area contributed by atoms with Gasteiger partial charge in [0.2, 0.25) is 5.88 Å². The highest BCUT2D eigenvalue weighted by Crippen LogP contribution is 2.22. The third-order valence-corrected chi connectivity index (χ3v) is 2.81. The van der Waals surface area contributed by atoms with E-state index in [4.69, 9.17) is 21.4 Å². The first-order chi connectivity index (χ1) is 8.65. The molecule has 1 heterocycles. The smallest absolute Gasteiger partial charge is 0.337 e. The lowest BCUT2D eigenvalue weighted by atomic mass is 10.2. The molecule has 0 aromatic carbocycles. The summed E-state index contributed by atoms with van der Waals surface area (Å²) in [5.41, 5.74) is 0.0651. The lowest BCUT2D eigenvalue weighted by molar-refractivity contribution is 0.0696. The van der Waals surface area contributed by atoms with Gasteiger partial charge in [-0.05, 0) is 12.5 Å². The number of nitrogens with zero attached hydrogens (tertiary/aromatic N) is 1. The van der Waals surface area contributed by atoms with E-state index < -0.39 is 5.97 Å². The normalized spacial score (nSPS) is 10.3. The van der Waals surface area contributed by atoms with Crippen LogP contribution in [0, 0.1) is 0 Å². The molecular weight excluding hydrogens is 254 g/mol. The van der Waals surface area contributed by atoms with Crippen LogP contribution in [0.2, 0.25) is 5.02 Å². The van der Waals surface area contributed by atoms with Crippen molar-refractivity contribution in [3.8, 4) is 5.88 Å². The highest BCUT2D eigenvalue weighted by Gasteiger charge is 2.09. The van der Waals surface area contributed by atoms with Crippen LogP contribution >= 0.6 is 11.6 Å². The Morgan fingerprint density at radius 1 is 1.39 bits per heavy atom. The molecule has 0 aliphatic carbocycles. The van der Waals surface area contributed by atoms with Gasteiger partial charge >= 0.3 is 5.97 Å². The zero-order valence-electron chi connectivity index (χ0n) is 10.5. The zero-order valence-corrected chi connectivity index (χ0v) is 11.2. The minimum absolute atomic E-state index is 0.0651. The SMILES string of the molecule is CCCCCCCOc1ncc(C(=O)O)cc1Cl. The van der Waals surface area contributed by atoms with Crippen LogP contribution in [0.4, 0.5) is 0 Å². The number of carbonyl (C=O) groups is 1. The second-order valence-electron chi connectivity index (χ2n) is 4.08. The fraction of sp³-hybridized carbons (Fsp3) is 0.538. The monoisotopic (exact) mass is 271 g/mol. The highest BCUT2D eigenvalue weighted by atomic mass is 35.5. The van der Waals surface area contributed by atoms with Gasteiger partial charge in [0.05, 0.1) is 12.2 Å². The molecule has 1 N–H and O–H groups in total. The number of pyridine rings is 1. The molecular formula is C13H18ClNO3. The molecule has 0 radical (unpaired) electrons. The number of ether oxygens (including phenoxy) is 1. The minimum Gasteiger partial charge on any atom is -0.478 e. The first-order valence-corrected chi connectivity index (χ1v) is 6.54. The summed E-state index contributed by atoms with van der Waals surface area (Å²) in [6, 6.07) is 1.35. The summed E-state index contributed by atoms with van der Waals surface area (Å²) >= 11 is 5.89. The van der Waals surface area contributed by atoms with E-state index in [2.05, 4.69) is 11.9 Å². The molecule has 1 aromatic rings. The van der Waals surface area contributed by atoms with Gasteiger partial charge in [-0.15, -0.1) is 0 Å². The molecule has 4 nitrogen and oxygen atoms in total. The highest BCUT2D eigenvalue weighted by molar-refractivity contribution is 6.32. The van der Waals surface area contributed by atoms with Crippen LogP contribution in [0.15, 0.2) is 12.3 Å². The van der Waals surface area contributed by atoms with Crippen molar-refractivity contribution in [2.75, 3.05) is 6.61 Å². The summed E-state index contributed by atoms with van der Waals surface area (Å²) in [5.74, 6) is -0.743. The van der Waals surface area contributed by atoms with Crippen molar-refractivity contribution in [2.45, 2.75) is 39.0 Å². The molecule has 100 valence electrons. The van der Waals surface area contributed by atoms with Crippen LogP contribution in [-0.2, 0) is 0 Å². The van der Waals surface area contributed by atoms with E-state index in [0.717, 1.165) is 12.8 Å². The van der Waals surface area contributed by atoms with Gasteiger partial charge in [-0.2, -0.15) is 0 Å². The van der Waals surface area contributed by atoms with E-state index >= 15 is 0 Å². The Balaban J connectivity index is 2.36. The molecule has 0 aliphatic heterocycles. The Morgan fingerprint density at radius 3 is 2.72 bits per heavy atom. The standard InChI is InChI=1S/C13H18ClNO3/c1-2-3-4-5-6-7-18-12-11(14)8-10(9-15-12)13(16)17/h8-9H,2-7H2,1H3,(H,16,17). The van der Waals surface area contributed by atoms with Crippen LogP contribution in [0.3, 0.4) is 0 Å². The van der Waals surface area contributed by atoms with Crippen molar-refractivity contribution in [1.29, 1.82) is 0 Å². The molecule has 0 atom stereocenters. The van der Waals surface area contributed by atoms with E-state index in [0.29, 0.717) is 12.5 Å². The summed E-state index contributed by atoms with van der Waals surface area (Å²) in [6.45, 7) is 2.73. The summed E-state index contributed by atoms with van der Waals surface area (Å²) in [5, 5.41) is 9.00. The fourth-order valence-electron chi connectivity index (χ4n) is 1.52. The molecule has 0 amide bonds. The fourth-order valence-corrected chi connectivity index (χ4v) is 1.74. The number of hydrogen-bond acceptors (Lipinski definition) is 3. The maximum atomic E-state index is 10.7. The summed E-state index contributed by atoms with van der Waals surface area (Å²) < 4.78 is 5.42. The predicted octanol–water partition coefficient (Wildman–Crippen LogP) is 3.78. The number of unbranched alkanes of at least 4 members (excludes halogenated alkanes) is 4. The Labute approximate surface area is 112 Å². The molecule has 0 spiro atoms. The lowest BCUT2D eigenvalue weighted by Gasteiger charge is -2.07. The average molecular weight is 272 g/mol. The summed E-state index contributed by atoms with van der Waals surface area (Å²) in [4.78, 5) is 14.6. The number of rotatable bonds is 8. The Morgan fingerprint density at radius 2 is 2.11 bits per heavy atom. The molecule has 0 unspecified atom stereocenters. The van der Waals surface area contributed by atoms with Crippen LogP contribution in [-0.4, -0.2) is 22.7 Å². The quantitative estimate of drug-likeness (QED) is 0.731. The van der Waals surface area contributed by atoms with Gasteiger partial charge in [0, 0.05) is 6.20 Å². The molecule has 0 bridgehead atoms. The zero-order chi connectivity index (χ0) is 13.4. The second kappa shape index (κ2) is 7.93. The largest absolute Gasteiger partial charge is 0.478 e. The number of halogens is 1. The van der Waals surface area contributed by atoms with Gasteiger partial charge in [0.15, 0.2) is 0 Å².